The topological polar surface area (TPSA) is 66.4 Å². The molecule has 5 heteroatoms. The molecule has 10 heavy (non-hydrogen) atoms. The van der Waals surface area contributed by atoms with Crippen molar-refractivity contribution in [1.29, 1.82) is 0 Å². The van der Waals surface area contributed by atoms with Crippen LogP contribution in [0.4, 0.5) is 0 Å². The van der Waals surface area contributed by atoms with Crippen LogP contribution in [0, 0.1) is 0 Å². The molecule has 0 aromatic carbocycles. The molecule has 0 aromatic heterocycles. The number of hydrogen-bond donors (Lipinski definition) is 1. The molecular weight excluding hydrogens is 138 g/mol. The van der Waals surface area contributed by atoms with Gasteiger partial charge in [-0.1, -0.05) is 9.48 Å². The Morgan fingerprint density at radius 3 is 2.00 bits per heavy atom. The number of carbonyl (C=O) groups is 2. The molecule has 0 unspecified atom stereocenters. The second kappa shape index (κ2) is 2.66. The molecule has 57 valence electrons. The van der Waals surface area contributed by atoms with E-state index in [1.165, 1.54) is 0 Å². The molecule has 1 N–H and O–H groups in total. The average molecular weight is 148 g/mol. The van der Waals surface area contributed by atoms with Crippen LogP contribution in [0.1, 0.15) is 0 Å². The van der Waals surface area contributed by atoms with Gasteiger partial charge in [-0.25, -0.2) is 4.79 Å². The summed E-state index contributed by atoms with van der Waals surface area (Å²) in [6.07, 6.45) is 0. The first-order chi connectivity index (χ1) is 4.33. The fraction of sp³-hybridized carbons (Fsp3) is 0.600. The third-order valence-electron chi connectivity index (χ3n) is 0.531. The molecule has 0 heterocycles. The van der Waals surface area contributed by atoms with E-state index in [0.29, 0.717) is 0 Å². The summed E-state index contributed by atoms with van der Waals surface area (Å²) in [5.41, 5.74) is 0. The standard InChI is InChI=1S/C5H9NO4/c1-6(2,3)10-5(9)4(7)8/h1-3H3/q+1/p+1. The van der Waals surface area contributed by atoms with Crippen molar-refractivity contribution in [2.75, 3.05) is 21.1 Å². The lowest BCUT2D eigenvalue weighted by atomic mass is 10.7. The number of rotatable bonds is 1. The predicted molar refractivity (Wildman–Crippen MR) is 31.8 cm³/mol. The molecule has 0 aliphatic rings. The van der Waals surface area contributed by atoms with Crippen molar-refractivity contribution in [1.82, 2.24) is 0 Å². The lowest BCUT2D eigenvalue weighted by molar-refractivity contribution is -1.04. The maximum absolute atomic E-state index is 10.3. The quantitative estimate of drug-likeness (QED) is 0.229. The Labute approximate surface area is 58.4 Å². The number of quaternary nitrogens is 1. The van der Waals surface area contributed by atoms with Gasteiger partial charge in [0.25, 0.3) is 0 Å². The Kier molecular flexibility index (Phi) is 2.36. The normalized spacial score (nSPS) is 10.7. The van der Waals surface area contributed by atoms with Crippen LogP contribution < -0.4 is 0 Å². The monoisotopic (exact) mass is 148 g/mol. The minimum atomic E-state index is -1.58. The molecular formula is C5H10NO4+2. The summed E-state index contributed by atoms with van der Waals surface area (Å²) in [6, 6.07) is 0. The average Bonchev–Trinajstić information content (AvgIpc) is 1.60. The highest BCUT2D eigenvalue weighted by Crippen LogP contribution is 1.92. The largest absolute Gasteiger partial charge is 0.746 e. The van der Waals surface area contributed by atoms with E-state index in [0.717, 1.165) is 0 Å². The van der Waals surface area contributed by atoms with Crippen molar-refractivity contribution in [3.8, 4) is 0 Å². The molecule has 0 aromatic rings. The van der Waals surface area contributed by atoms with Crippen LogP contribution in [0.25, 0.3) is 0 Å². The van der Waals surface area contributed by atoms with Crippen molar-refractivity contribution in [2.45, 2.75) is 0 Å². The highest BCUT2D eigenvalue weighted by molar-refractivity contribution is 6.28. The summed E-state index contributed by atoms with van der Waals surface area (Å²) in [4.78, 5) is 24.6. The molecule has 0 saturated carbocycles. The molecule has 0 amide bonds. The van der Waals surface area contributed by atoms with E-state index in [-0.39, 0.29) is 4.65 Å². The number of carboxylic acids is 1. The van der Waals surface area contributed by atoms with Gasteiger partial charge in [0, 0.05) is 0 Å². The summed E-state index contributed by atoms with van der Waals surface area (Å²) in [5, 5.41) is 8.06. The number of hydrogen-bond acceptors (Lipinski definition) is 3. The van der Waals surface area contributed by atoms with Crippen molar-refractivity contribution < 1.29 is 24.2 Å². The number of carboxylic acid groups (broad SMARTS) is 1. The van der Waals surface area contributed by atoms with Crippen molar-refractivity contribution in [3.05, 3.63) is 0 Å². The number of nitrogens with zero attached hydrogens (tertiary/aromatic N) is 1. The zero-order chi connectivity index (χ0) is 8.36. The predicted octanol–water partition coefficient (Wildman–Crippen LogP) is -0.765. The van der Waals surface area contributed by atoms with Gasteiger partial charge in [-0.2, -0.15) is 0 Å². The Balaban J connectivity index is 3.93. The Bertz CT molecular complexity index is 158. The molecule has 1 radical (unpaired) electrons. The number of hydroxylamine groups is 3. The van der Waals surface area contributed by atoms with E-state index >= 15 is 0 Å². The SMILES string of the molecule is C[N+](C)(C)OC(=[O+])C(=O)O. The third kappa shape index (κ3) is 3.85. The van der Waals surface area contributed by atoms with Gasteiger partial charge in [0.2, 0.25) is 0 Å². The van der Waals surface area contributed by atoms with Gasteiger partial charge >= 0.3 is 11.9 Å². The molecule has 0 atom stereocenters. The van der Waals surface area contributed by atoms with Crippen LogP contribution >= 0.6 is 0 Å². The lowest BCUT2D eigenvalue weighted by Gasteiger charge is -2.08. The number of aliphatic carboxylic acids is 1. The van der Waals surface area contributed by atoms with E-state index < -0.39 is 11.9 Å². The second-order valence-corrected chi connectivity index (χ2v) is 2.57. The van der Waals surface area contributed by atoms with Crippen LogP contribution in [-0.4, -0.2) is 42.8 Å². The first-order valence-corrected chi connectivity index (χ1v) is 2.61. The van der Waals surface area contributed by atoms with Crippen LogP contribution in [0.15, 0.2) is 0 Å². The van der Waals surface area contributed by atoms with Crippen LogP contribution in [0.3, 0.4) is 0 Å². The zero-order valence-corrected chi connectivity index (χ0v) is 6.12. The van der Waals surface area contributed by atoms with Crippen molar-refractivity contribution in [3.63, 3.8) is 0 Å². The molecule has 0 fully saturated rings. The summed E-state index contributed by atoms with van der Waals surface area (Å²) < 4.78 is -0.148. The molecule has 0 bridgehead atoms. The fourth-order valence-corrected chi connectivity index (χ4v) is 0.288. The fourth-order valence-electron chi connectivity index (χ4n) is 0.288. The Morgan fingerprint density at radius 1 is 1.50 bits per heavy atom. The van der Waals surface area contributed by atoms with E-state index in [1.807, 2.05) is 0 Å². The van der Waals surface area contributed by atoms with Crippen LogP contribution in [-0.2, 0) is 14.4 Å². The Hall–Kier alpha value is -1.10. The lowest BCUT2D eigenvalue weighted by Crippen LogP contribution is -2.39. The van der Waals surface area contributed by atoms with E-state index in [1.54, 1.807) is 21.1 Å². The maximum Gasteiger partial charge on any atom is 0.746 e. The van der Waals surface area contributed by atoms with E-state index in [4.69, 9.17) is 5.11 Å². The first kappa shape index (κ1) is 8.90. The van der Waals surface area contributed by atoms with Gasteiger partial charge in [-0.15, -0.1) is 0 Å². The van der Waals surface area contributed by atoms with Crippen LogP contribution in [0.2, 0.25) is 0 Å². The molecule has 0 saturated heterocycles. The van der Waals surface area contributed by atoms with Gasteiger partial charge in [-0.05, 0) is 0 Å². The van der Waals surface area contributed by atoms with Gasteiger partial charge in [0.05, 0.1) is 4.79 Å². The molecule has 5 nitrogen and oxygen atoms in total. The second-order valence-electron chi connectivity index (χ2n) is 2.57. The molecule has 0 rings (SSSR count). The molecule has 0 aliphatic carbocycles. The summed E-state index contributed by atoms with van der Waals surface area (Å²) >= 11 is 0. The summed E-state index contributed by atoms with van der Waals surface area (Å²) in [6.45, 7) is 0. The third-order valence-corrected chi connectivity index (χ3v) is 0.531. The van der Waals surface area contributed by atoms with E-state index in [9.17, 15) is 9.59 Å². The van der Waals surface area contributed by atoms with Gasteiger partial charge in [-0.3, -0.25) is 0 Å². The highest BCUT2D eigenvalue weighted by Gasteiger charge is 2.37. The molecule has 0 spiro atoms. The Morgan fingerprint density at radius 2 is 1.90 bits per heavy atom. The van der Waals surface area contributed by atoms with E-state index in [2.05, 4.69) is 4.84 Å². The zero-order valence-electron chi connectivity index (χ0n) is 6.12. The van der Waals surface area contributed by atoms with Crippen LogP contribution in [0.5, 0.6) is 0 Å². The van der Waals surface area contributed by atoms with Crippen molar-refractivity contribution >= 4 is 11.9 Å². The van der Waals surface area contributed by atoms with Gasteiger partial charge in [0.15, 0.2) is 0 Å². The van der Waals surface area contributed by atoms with Crippen molar-refractivity contribution in [2.24, 2.45) is 0 Å². The minimum Gasteiger partial charge on any atom is -0.468 e. The summed E-state index contributed by atoms with van der Waals surface area (Å²) in [5.74, 6) is -2.82. The summed E-state index contributed by atoms with van der Waals surface area (Å²) in [7, 11) is 4.63. The highest BCUT2D eigenvalue weighted by atomic mass is 16.7. The minimum absolute atomic E-state index is 0.148. The number of carbonyl (C=O) groups excluding carboxylic acids is 1. The van der Waals surface area contributed by atoms with Gasteiger partial charge < -0.3 is 5.11 Å². The first-order valence-electron chi connectivity index (χ1n) is 2.61. The smallest absolute Gasteiger partial charge is 0.468 e. The molecule has 0 aliphatic heterocycles. The maximum atomic E-state index is 10.3. The van der Waals surface area contributed by atoms with Gasteiger partial charge in [0.1, 0.15) is 21.1 Å².